The maximum Gasteiger partial charge on any atom is 0.252 e. The molecule has 0 amide bonds. The molecule has 7 aliphatic rings. The molecule has 5 aliphatic carbocycles. The van der Waals surface area contributed by atoms with Crippen LogP contribution in [0.3, 0.4) is 0 Å². The smallest absolute Gasteiger partial charge is 0.252 e. The van der Waals surface area contributed by atoms with E-state index in [-0.39, 0.29) is 66.3 Å². The summed E-state index contributed by atoms with van der Waals surface area (Å²) in [4.78, 5) is 8.30. The summed E-state index contributed by atoms with van der Waals surface area (Å²) in [5.74, 6) is 0. The molecule has 95 heavy (non-hydrogen) atoms. The molecule has 15 rings (SSSR count). The summed E-state index contributed by atoms with van der Waals surface area (Å²) in [7, 11) is 0. The van der Waals surface area contributed by atoms with Crippen LogP contribution in [0.15, 0.2) is 133 Å². The summed E-state index contributed by atoms with van der Waals surface area (Å²) in [5.41, 5.74) is 35.2. The minimum atomic E-state index is -0.272. The van der Waals surface area contributed by atoms with Crippen LogP contribution in [0.4, 0.5) is 51.2 Å². The zero-order valence-corrected chi connectivity index (χ0v) is 62.8. The molecule has 0 N–H and O–H groups in total. The summed E-state index contributed by atoms with van der Waals surface area (Å²) >= 11 is 0. The molecule has 0 fully saturated rings. The Bertz CT molecular complexity index is 4500. The number of benzene rings is 8. The number of anilines is 9. The first-order valence-corrected chi connectivity index (χ1v) is 36.7. The van der Waals surface area contributed by atoms with Gasteiger partial charge in [-0.15, -0.1) is 0 Å². The van der Waals surface area contributed by atoms with Crippen molar-refractivity contribution in [3.05, 3.63) is 211 Å². The fourth-order valence-corrected chi connectivity index (χ4v) is 19.6. The molecule has 492 valence electrons. The lowest BCUT2D eigenvalue weighted by Gasteiger charge is -2.50. The van der Waals surface area contributed by atoms with Crippen molar-refractivity contribution in [2.24, 2.45) is 0 Å². The Hall–Kier alpha value is -6.78. The van der Waals surface area contributed by atoms with Gasteiger partial charge in [0.1, 0.15) is 0 Å². The van der Waals surface area contributed by atoms with Crippen LogP contribution in [0.2, 0.25) is 0 Å². The molecule has 0 aromatic heterocycles. The molecule has 0 radical (unpaired) electrons. The van der Waals surface area contributed by atoms with E-state index in [2.05, 4.69) is 314 Å². The third-order valence-electron chi connectivity index (χ3n) is 26.6. The Morgan fingerprint density at radius 1 is 0.316 bits per heavy atom. The Labute approximate surface area is 574 Å². The van der Waals surface area contributed by atoms with Crippen LogP contribution in [0.25, 0.3) is 0 Å². The highest BCUT2D eigenvalue weighted by Crippen LogP contribution is 2.59. The van der Waals surface area contributed by atoms with Gasteiger partial charge in [-0.1, -0.05) is 226 Å². The zero-order chi connectivity index (χ0) is 68.0. The minimum Gasteiger partial charge on any atom is -0.311 e. The first-order valence-electron chi connectivity index (χ1n) is 36.7. The first kappa shape index (κ1) is 64.2. The monoisotopic (exact) mass is 1260 g/mol. The van der Waals surface area contributed by atoms with E-state index >= 15 is 0 Å². The number of hydrogen-bond acceptors (Lipinski definition) is 3. The average molecular weight is 1260 g/mol. The van der Waals surface area contributed by atoms with E-state index in [4.69, 9.17) is 0 Å². The number of rotatable bonds is 5. The topological polar surface area (TPSA) is 9.72 Å². The van der Waals surface area contributed by atoms with E-state index in [9.17, 15) is 0 Å². The Balaban J connectivity index is 1.13. The van der Waals surface area contributed by atoms with Gasteiger partial charge in [0, 0.05) is 56.3 Å². The summed E-state index contributed by atoms with van der Waals surface area (Å²) in [6, 6.07) is 56.2. The fraction of sp³-hybridized carbons (Fsp3) is 0.473. The van der Waals surface area contributed by atoms with Crippen molar-refractivity contribution in [1.29, 1.82) is 0 Å². The zero-order valence-electron chi connectivity index (χ0n) is 62.8. The third kappa shape index (κ3) is 9.50. The van der Waals surface area contributed by atoms with Crippen LogP contribution in [0, 0.1) is 6.92 Å². The summed E-state index contributed by atoms with van der Waals surface area (Å²) < 4.78 is 0. The normalized spacial score (nSPS) is 21.5. The van der Waals surface area contributed by atoms with Crippen LogP contribution in [-0.4, -0.2) is 6.71 Å². The van der Waals surface area contributed by atoms with E-state index in [0.29, 0.717) is 0 Å². The Morgan fingerprint density at radius 2 is 0.684 bits per heavy atom. The molecule has 0 spiro atoms. The maximum absolute atomic E-state index is 2.81. The molecule has 2 heterocycles. The van der Waals surface area contributed by atoms with Gasteiger partial charge in [-0.3, -0.25) is 0 Å². The van der Waals surface area contributed by atoms with Gasteiger partial charge in [0.15, 0.2) is 0 Å². The quantitative estimate of drug-likeness (QED) is 0.159. The highest BCUT2D eigenvalue weighted by Gasteiger charge is 2.51. The van der Waals surface area contributed by atoms with Crippen LogP contribution >= 0.6 is 0 Å². The van der Waals surface area contributed by atoms with Gasteiger partial charge >= 0.3 is 0 Å². The fourth-order valence-electron chi connectivity index (χ4n) is 19.6. The van der Waals surface area contributed by atoms with Crippen LogP contribution in [0.5, 0.6) is 0 Å². The van der Waals surface area contributed by atoms with Crippen molar-refractivity contribution >= 4 is 74.3 Å². The standard InChI is InChI=1S/C91H110BN3/c1-55-45-56(81(2,3)4)29-36-75(55)95-77-54-72-71(90(21,22)64-27-25-26-28-65(64)91(72,23)24)52-74(77)92-73-51-69-70(89(19,20)44-43-88(69,17)18)53-76(73)94(59-32-35-63-68(48-59)87(15,16)42-39-84(63,9)10)78-49-60(50-79(95)80(78)92)93(57-30-33-61-66(46-57)85(11,12)40-37-82(61,5)6)58-31-34-62-67(47-58)86(13,14)41-38-83(62,7)8/h25-36,45-54H,37-44H2,1-24H3. The van der Waals surface area contributed by atoms with Crippen molar-refractivity contribution in [3.63, 3.8) is 0 Å². The van der Waals surface area contributed by atoms with Crippen molar-refractivity contribution in [3.8, 4) is 0 Å². The summed E-state index contributed by atoms with van der Waals surface area (Å²) in [5, 5.41) is 0. The van der Waals surface area contributed by atoms with Gasteiger partial charge in [-0.2, -0.15) is 0 Å². The van der Waals surface area contributed by atoms with Crippen molar-refractivity contribution in [2.75, 3.05) is 14.7 Å². The number of hydrogen-bond donors (Lipinski definition) is 0. The van der Waals surface area contributed by atoms with Gasteiger partial charge in [0.05, 0.1) is 5.69 Å². The van der Waals surface area contributed by atoms with Crippen LogP contribution < -0.4 is 31.1 Å². The molecule has 0 saturated carbocycles. The predicted octanol–water partition coefficient (Wildman–Crippen LogP) is 23.2. The molecule has 2 aliphatic heterocycles. The lowest BCUT2D eigenvalue weighted by Crippen LogP contribution is -2.62. The molecule has 3 nitrogen and oxygen atoms in total. The van der Waals surface area contributed by atoms with Gasteiger partial charge in [0.2, 0.25) is 0 Å². The van der Waals surface area contributed by atoms with Gasteiger partial charge in [-0.25, -0.2) is 0 Å². The van der Waals surface area contributed by atoms with E-state index in [1.165, 1.54) is 165 Å². The average Bonchev–Trinajstić information content (AvgIpc) is 0.679. The second-order valence-electron chi connectivity index (χ2n) is 38.6. The molecular weight excluding hydrogens is 1150 g/mol. The predicted molar refractivity (Wildman–Crippen MR) is 410 cm³/mol. The lowest BCUT2D eigenvalue weighted by atomic mass is 9.32. The largest absolute Gasteiger partial charge is 0.311 e. The second-order valence-corrected chi connectivity index (χ2v) is 38.6. The minimum absolute atomic E-state index is 0.000496. The third-order valence-corrected chi connectivity index (χ3v) is 26.6. The van der Waals surface area contributed by atoms with Gasteiger partial charge in [-0.05, 0) is 268 Å². The first-order chi connectivity index (χ1) is 44.1. The SMILES string of the molecule is Cc1cc(C(C)(C)C)ccc1N1c2cc3c(cc2B2c4cc5c(cc4N(c4ccc6c(c4)C(C)(C)CCC6(C)C)c4cc(N(c6ccc7c(c6)C(C)(C)CCC7(C)C)c6ccc7c(c6)C(C)(C)CCC7(C)C)cc1c42)C(C)(C)CCC5(C)C)C(C)(C)c1ccccc1C3(C)C. The second kappa shape index (κ2) is 20.2. The van der Waals surface area contributed by atoms with E-state index < -0.39 is 0 Å². The maximum atomic E-state index is 2.81. The molecular formula is C91H110BN3. The summed E-state index contributed by atoms with van der Waals surface area (Å²) in [6.07, 6.45) is 9.25. The molecule has 0 saturated heterocycles. The van der Waals surface area contributed by atoms with E-state index in [1.807, 2.05) is 0 Å². The molecule has 0 bridgehead atoms. The summed E-state index contributed by atoms with van der Waals surface area (Å²) in [6.45, 7) is 59.4. The highest BCUT2D eigenvalue weighted by molar-refractivity contribution is 7.00. The molecule has 8 aromatic rings. The molecule has 0 atom stereocenters. The number of aryl methyl sites for hydroxylation is 1. The van der Waals surface area contributed by atoms with Crippen LogP contribution in [0.1, 0.15) is 289 Å². The molecule has 0 unspecified atom stereocenters. The number of nitrogens with zero attached hydrogens (tertiary/aromatic N) is 3. The van der Waals surface area contributed by atoms with Crippen molar-refractivity contribution in [1.82, 2.24) is 0 Å². The van der Waals surface area contributed by atoms with E-state index in [1.54, 1.807) is 0 Å². The van der Waals surface area contributed by atoms with Crippen molar-refractivity contribution < 1.29 is 0 Å². The van der Waals surface area contributed by atoms with Crippen LogP contribution in [-0.2, 0) is 59.6 Å². The molecule has 4 heteroatoms. The highest BCUT2D eigenvalue weighted by atomic mass is 15.2. The molecule has 8 aromatic carbocycles. The van der Waals surface area contributed by atoms with Gasteiger partial charge < -0.3 is 14.7 Å². The van der Waals surface area contributed by atoms with E-state index in [0.717, 1.165) is 32.1 Å². The van der Waals surface area contributed by atoms with Crippen molar-refractivity contribution in [2.45, 2.75) is 277 Å². The Kier molecular flexibility index (Phi) is 13.7. The lowest BCUT2D eigenvalue weighted by molar-refractivity contribution is 0.332. The Morgan fingerprint density at radius 3 is 1.14 bits per heavy atom. The van der Waals surface area contributed by atoms with Gasteiger partial charge in [0.25, 0.3) is 6.71 Å². The number of fused-ring (bicyclic) bond motifs is 10.